The van der Waals surface area contributed by atoms with Gasteiger partial charge in [0.15, 0.2) is 5.11 Å². The normalized spacial score (nSPS) is 10.0. The first-order valence-corrected chi connectivity index (χ1v) is 5.92. The number of hydrogen-bond donors (Lipinski definition) is 2. The van der Waals surface area contributed by atoms with E-state index in [1.54, 1.807) is 26.1 Å². The van der Waals surface area contributed by atoms with E-state index in [0.29, 0.717) is 5.82 Å². The van der Waals surface area contributed by atoms with Gasteiger partial charge >= 0.3 is 0 Å². The Bertz CT molecular complexity index is 392. The van der Waals surface area contributed by atoms with Crippen molar-refractivity contribution in [2.24, 2.45) is 5.92 Å². The average Bonchev–Trinajstić information content (AvgIpc) is 2.21. The van der Waals surface area contributed by atoms with Gasteiger partial charge in [0.2, 0.25) is 5.91 Å². The van der Waals surface area contributed by atoms with Crippen molar-refractivity contribution in [2.75, 3.05) is 5.32 Å². The summed E-state index contributed by atoms with van der Waals surface area (Å²) in [5.74, 6) is 0.379. The van der Waals surface area contributed by atoms with Crippen LogP contribution in [-0.2, 0) is 4.79 Å². The van der Waals surface area contributed by atoms with Crippen LogP contribution in [0.25, 0.3) is 0 Å². The number of nitrogens with one attached hydrogen (secondary N) is 2. The van der Waals surface area contributed by atoms with E-state index in [-0.39, 0.29) is 16.9 Å². The van der Waals surface area contributed by atoms with Gasteiger partial charge in [-0.25, -0.2) is 4.98 Å². The lowest BCUT2D eigenvalue weighted by molar-refractivity contribution is -0.122. The molecule has 0 radical (unpaired) electrons. The first-order chi connectivity index (χ1) is 7.49. The van der Waals surface area contributed by atoms with Crippen LogP contribution in [0.2, 0.25) is 0 Å². The Morgan fingerprint density at radius 1 is 1.50 bits per heavy atom. The number of pyridine rings is 1. The van der Waals surface area contributed by atoms with E-state index in [1.807, 2.05) is 6.07 Å². The van der Waals surface area contributed by atoms with Crippen molar-refractivity contribution < 1.29 is 4.79 Å². The van der Waals surface area contributed by atoms with E-state index >= 15 is 0 Å². The Morgan fingerprint density at radius 3 is 2.69 bits per heavy atom. The lowest BCUT2D eigenvalue weighted by atomic mass is 10.2. The molecule has 2 N–H and O–H groups in total. The van der Waals surface area contributed by atoms with Gasteiger partial charge in [-0.3, -0.25) is 4.79 Å². The zero-order chi connectivity index (χ0) is 12.1. The van der Waals surface area contributed by atoms with E-state index in [2.05, 4.69) is 31.5 Å². The maximum atomic E-state index is 11.3. The van der Waals surface area contributed by atoms with Crippen molar-refractivity contribution in [1.29, 1.82) is 0 Å². The van der Waals surface area contributed by atoms with Gasteiger partial charge in [0.05, 0.1) is 0 Å². The van der Waals surface area contributed by atoms with Crippen molar-refractivity contribution in [3.63, 3.8) is 0 Å². The second-order valence-electron chi connectivity index (χ2n) is 3.46. The van der Waals surface area contributed by atoms with Crippen molar-refractivity contribution in [3.05, 3.63) is 22.8 Å². The van der Waals surface area contributed by atoms with Gasteiger partial charge in [-0.15, -0.1) is 0 Å². The number of amides is 1. The molecule has 1 aromatic heterocycles. The van der Waals surface area contributed by atoms with E-state index in [4.69, 9.17) is 12.2 Å². The first-order valence-electron chi connectivity index (χ1n) is 4.72. The standard InChI is InChI=1S/C10H12BrN3OS/c1-6(2)9(15)14-10(16)13-8-4-3-7(11)5-12-8/h3-6H,1-2H3,(H2,12,13,14,15,16). The second kappa shape index (κ2) is 5.91. The molecule has 1 aromatic rings. The third-order valence-corrected chi connectivity index (χ3v) is 2.40. The highest BCUT2D eigenvalue weighted by Gasteiger charge is 2.08. The molecule has 0 saturated carbocycles. The van der Waals surface area contributed by atoms with Gasteiger partial charge in [0.25, 0.3) is 0 Å². The Morgan fingerprint density at radius 2 is 2.19 bits per heavy atom. The van der Waals surface area contributed by atoms with Crippen LogP contribution in [0.15, 0.2) is 22.8 Å². The van der Waals surface area contributed by atoms with Gasteiger partial charge in [0, 0.05) is 16.6 Å². The molecule has 16 heavy (non-hydrogen) atoms. The molecule has 0 aliphatic heterocycles. The molecule has 0 bridgehead atoms. The monoisotopic (exact) mass is 301 g/mol. The SMILES string of the molecule is CC(C)C(=O)NC(=S)Nc1ccc(Br)cn1. The van der Waals surface area contributed by atoms with E-state index in [9.17, 15) is 4.79 Å². The van der Waals surface area contributed by atoms with Gasteiger partial charge in [0.1, 0.15) is 5.82 Å². The minimum Gasteiger partial charge on any atom is -0.317 e. The fraction of sp³-hybridized carbons (Fsp3) is 0.300. The molecule has 1 amide bonds. The van der Waals surface area contributed by atoms with Crippen molar-refractivity contribution in [2.45, 2.75) is 13.8 Å². The topological polar surface area (TPSA) is 54.0 Å². The molecule has 6 heteroatoms. The molecule has 1 rings (SSSR count). The van der Waals surface area contributed by atoms with Crippen LogP contribution < -0.4 is 10.6 Å². The molecule has 0 fully saturated rings. The highest BCUT2D eigenvalue weighted by Crippen LogP contribution is 2.10. The lowest BCUT2D eigenvalue weighted by Gasteiger charge is -2.10. The van der Waals surface area contributed by atoms with Crippen LogP contribution in [0.1, 0.15) is 13.8 Å². The minimum atomic E-state index is -0.116. The Hall–Kier alpha value is -1.01. The summed E-state index contributed by atoms with van der Waals surface area (Å²) in [6.45, 7) is 3.60. The second-order valence-corrected chi connectivity index (χ2v) is 4.78. The fourth-order valence-electron chi connectivity index (χ4n) is 0.854. The van der Waals surface area contributed by atoms with Crippen molar-refractivity contribution >= 4 is 45.0 Å². The minimum absolute atomic E-state index is 0.0994. The molecule has 0 saturated heterocycles. The van der Waals surface area contributed by atoms with Crippen molar-refractivity contribution in [1.82, 2.24) is 10.3 Å². The number of rotatable bonds is 2. The molecule has 0 unspecified atom stereocenters. The molecule has 0 aliphatic carbocycles. The molecule has 0 aromatic carbocycles. The number of aromatic nitrogens is 1. The fourth-order valence-corrected chi connectivity index (χ4v) is 1.29. The summed E-state index contributed by atoms with van der Waals surface area (Å²) < 4.78 is 0.884. The quantitative estimate of drug-likeness (QED) is 0.823. The number of anilines is 1. The maximum Gasteiger partial charge on any atom is 0.228 e. The largest absolute Gasteiger partial charge is 0.317 e. The summed E-state index contributed by atoms with van der Waals surface area (Å²) in [7, 11) is 0. The number of carbonyl (C=O) groups is 1. The predicted octanol–water partition coefficient (Wildman–Crippen LogP) is 2.31. The first kappa shape index (κ1) is 13.1. The highest BCUT2D eigenvalue weighted by molar-refractivity contribution is 9.10. The average molecular weight is 302 g/mol. The maximum absolute atomic E-state index is 11.3. The van der Waals surface area contributed by atoms with Crippen molar-refractivity contribution in [3.8, 4) is 0 Å². The number of halogens is 1. The summed E-state index contributed by atoms with van der Waals surface area (Å²) in [6, 6.07) is 3.60. The van der Waals surface area contributed by atoms with Gasteiger partial charge in [-0.2, -0.15) is 0 Å². The third kappa shape index (κ3) is 4.24. The molecule has 0 aliphatic rings. The number of nitrogens with zero attached hydrogens (tertiary/aromatic N) is 1. The highest BCUT2D eigenvalue weighted by atomic mass is 79.9. The molecule has 1 heterocycles. The molecular formula is C10H12BrN3OS. The number of thiocarbonyl (C=S) groups is 1. The van der Waals surface area contributed by atoms with Crippen LogP contribution in [0.4, 0.5) is 5.82 Å². The van der Waals surface area contributed by atoms with Crippen LogP contribution in [-0.4, -0.2) is 16.0 Å². The van der Waals surface area contributed by atoms with Crippen LogP contribution in [0, 0.1) is 5.92 Å². The predicted molar refractivity (Wildman–Crippen MR) is 71.1 cm³/mol. The summed E-state index contributed by atoms with van der Waals surface area (Å²) in [5.41, 5.74) is 0. The third-order valence-electron chi connectivity index (χ3n) is 1.73. The zero-order valence-corrected chi connectivity index (χ0v) is 11.4. The van der Waals surface area contributed by atoms with Gasteiger partial charge in [-0.1, -0.05) is 13.8 Å². The van der Waals surface area contributed by atoms with Crippen LogP contribution in [0.5, 0.6) is 0 Å². The van der Waals surface area contributed by atoms with Crippen LogP contribution in [0.3, 0.4) is 0 Å². The summed E-state index contributed by atoms with van der Waals surface area (Å²) in [6.07, 6.45) is 1.65. The molecule has 0 atom stereocenters. The summed E-state index contributed by atoms with van der Waals surface area (Å²) in [5, 5.41) is 5.65. The molecule has 86 valence electrons. The number of hydrogen-bond acceptors (Lipinski definition) is 3. The Labute approximate surface area is 108 Å². The van der Waals surface area contributed by atoms with E-state index in [1.165, 1.54) is 0 Å². The van der Waals surface area contributed by atoms with E-state index in [0.717, 1.165) is 4.47 Å². The van der Waals surface area contributed by atoms with Crippen LogP contribution >= 0.6 is 28.1 Å². The van der Waals surface area contributed by atoms with Gasteiger partial charge < -0.3 is 10.6 Å². The molecule has 4 nitrogen and oxygen atoms in total. The lowest BCUT2D eigenvalue weighted by Crippen LogP contribution is -2.36. The van der Waals surface area contributed by atoms with E-state index < -0.39 is 0 Å². The zero-order valence-electron chi connectivity index (χ0n) is 8.95. The summed E-state index contributed by atoms with van der Waals surface area (Å²) >= 11 is 8.25. The Balaban J connectivity index is 2.52. The number of carbonyl (C=O) groups excluding carboxylic acids is 1. The molecular weight excluding hydrogens is 290 g/mol. The van der Waals surface area contributed by atoms with Gasteiger partial charge in [-0.05, 0) is 40.3 Å². The molecule has 0 spiro atoms. The Kier molecular flexibility index (Phi) is 4.82. The summed E-state index contributed by atoms with van der Waals surface area (Å²) in [4.78, 5) is 15.4. The smallest absolute Gasteiger partial charge is 0.228 e.